The molecule has 2 fully saturated rings. The van der Waals surface area contributed by atoms with Gasteiger partial charge in [-0.3, -0.25) is 0 Å². The molecule has 2 amide bonds. The number of hydrogen-bond acceptors (Lipinski definition) is 5. The zero-order valence-corrected chi connectivity index (χ0v) is 19.2. The fourth-order valence-electron chi connectivity index (χ4n) is 4.76. The van der Waals surface area contributed by atoms with Crippen LogP contribution in [-0.4, -0.2) is 47.3 Å². The van der Waals surface area contributed by atoms with Gasteiger partial charge >= 0.3 is 6.03 Å². The summed E-state index contributed by atoms with van der Waals surface area (Å²) >= 11 is 0. The van der Waals surface area contributed by atoms with E-state index < -0.39 is 0 Å². The van der Waals surface area contributed by atoms with E-state index >= 15 is 0 Å². The van der Waals surface area contributed by atoms with Gasteiger partial charge < -0.3 is 19.6 Å². The van der Waals surface area contributed by atoms with Gasteiger partial charge in [0.1, 0.15) is 0 Å². The number of para-hydroxylation sites is 1. The third-order valence-corrected chi connectivity index (χ3v) is 6.84. The number of nitrogens with zero attached hydrogens (tertiary/aromatic N) is 4. The summed E-state index contributed by atoms with van der Waals surface area (Å²) < 4.78 is 5.57. The molecule has 2 aliphatic rings. The molecule has 2 aromatic carbocycles. The first-order valence-corrected chi connectivity index (χ1v) is 12.0. The Morgan fingerprint density at radius 1 is 0.970 bits per heavy atom. The molecule has 3 aromatic rings. The number of amides is 2. The van der Waals surface area contributed by atoms with Crippen molar-refractivity contribution in [2.24, 2.45) is 0 Å². The Bertz CT molecular complexity index is 1080. The molecule has 0 spiro atoms. The monoisotopic (exact) mass is 445 g/mol. The number of aromatic nitrogens is 2. The highest BCUT2D eigenvalue weighted by molar-refractivity contribution is 5.90. The molecule has 1 saturated heterocycles. The minimum atomic E-state index is -0.0369. The largest absolute Gasteiger partial charge is 0.368 e. The highest BCUT2D eigenvalue weighted by atomic mass is 16.5. The summed E-state index contributed by atoms with van der Waals surface area (Å²) in [6.45, 7) is 4.98. The average Bonchev–Trinajstić information content (AvgIpc) is 3.37. The van der Waals surface area contributed by atoms with Crippen molar-refractivity contribution >= 4 is 17.4 Å². The summed E-state index contributed by atoms with van der Waals surface area (Å²) in [6, 6.07) is 16.1. The van der Waals surface area contributed by atoms with Crippen LogP contribution in [0.2, 0.25) is 0 Å². The zero-order chi connectivity index (χ0) is 22.6. The van der Waals surface area contributed by atoms with Crippen LogP contribution in [0, 0.1) is 6.92 Å². The first-order chi connectivity index (χ1) is 16.2. The van der Waals surface area contributed by atoms with Gasteiger partial charge in [-0.05, 0) is 55.7 Å². The van der Waals surface area contributed by atoms with Crippen molar-refractivity contribution in [1.29, 1.82) is 0 Å². The van der Waals surface area contributed by atoms with Crippen molar-refractivity contribution in [1.82, 2.24) is 15.0 Å². The van der Waals surface area contributed by atoms with Crippen molar-refractivity contribution < 1.29 is 9.32 Å². The number of hydrogen-bond donors (Lipinski definition) is 1. The van der Waals surface area contributed by atoms with E-state index in [-0.39, 0.29) is 6.03 Å². The predicted octanol–water partition coefficient (Wildman–Crippen LogP) is 5.45. The van der Waals surface area contributed by atoms with Gasteiger partial charge in [-0.1, -0.05) is 42.6 Å². The number of carbonyl (C=O) groups excluding carboxylic acids is 1. The molecule has 0 radical (unpaired) electrons. The highest BCUT2D eigenvalue weighted by Crippen LogP contribution is 2.32. The molecule has 1 aliphatic heterocycles. The second-order valence-electron chi connectivity index (χ2n) is 9.06. The van der Waals surface area contributed by atoms with E-state index in [1.807, 2.05) is 36.1 Å². The Morgan fingerprint density at radius 2 is 1.70 bits per heavy atom. The van der Waals surface area contributed by atoms with E-state index in [9.17, 15) is 4.79 Å². The molecule has 5 rings (SSSR count). The van der Waals surface area contributed by atoms with Crippen LogP contribution in [0.4, 0.5) is 16.2 Å². The van der Waals surface area contributed by atoms with Gasteiger partial charge in [-0.2, -0.15) is 4.98 Å². The number of aryl methyl sites for hydroxylation is 1. The topological polar surface area (TPSA) is 74.5 Å². The third kappa shape index (κ3) is 4.87. The number of carbonyl (C=O) groups is 1. The van der Waals surface area contributed by atoms with E-state index in [0.29, 0.717) is 24.8 Å². The number of piperazine rings is 1. The lowest BCUT2D eigenvalue weighted by Crippen LogP contribution is -2.50. The summed E-state index contributed by atoms with van der Waals surface area (Å²) in [6.07, 6.45) is 6.10. The lowest BCUT2D eigenvalue weighted by Gasteiger charge is -2.36. The van der Waals surface area contributed by atoms with E-state index in [4.69, 9.17) is 4.52 Å². The van der Waals surface area contributed by atoms with Crippen LogP contribution in [-0.2, 0) is 0 Å². The summed E-state index contributed by atoms with van der Waals surface area (Å²) in [5.74, 6) is 1.87. The number of benzene rings is 2. The molecule has 2 heterocycles. The summed E-state index contributed by atoms with van der Waals surface area (Å²) in [5.41, 5.74) is 4.06. The Balaban J connectivity index is 1.17. The van der Waals surface area contributed by atoms with Crippen LogP contribution < -0.4 is 10.2 Å². The van der Waals surface area contributed by atoms with Crippen LogP contribution in [0.25, 0.3) is 11.4 Å². The molecule has 1 aliphatic carbocycles. The molecule has 33 heavy (non-hydrogen) atoms. The minimum absolute atomic E-state index is 0.0369. The van der Waals surface area contributed by atoms with Crippen molar-refractivity contribution in [2.45, 2.75) is 44.9 Å². The van der Waals surface area contributed by atoms with E-state index in [1.165, 1.54) is 19.3 Å². The average molecular weight is 446 g/mol. The molecule has 0 atom stereocenters. The van der Waals surface area contributed by atoms with Gasteiger partial charge in [0.05, 0.1) is 0 Å². The Kier molecular flexibility index (Phi) is 6.28. The smallest absolute Gasteiger partial charge is 0.321 e. The molecule has 7 heteroatoms. The quantitative estimate of drug-likeness (QED) is 0.578. The van der Waals surface area contributed by atoms with Gasteiger partial charge in [0.2, 0.25) is 11.7 Å². The third-order valence-electron chi connectivity index (χ3n) is 6.84. The number of rotatable bonds is 4. The first-order valence-electron chi connectivity index (χ1n) is 12.0. The molecule has 1 N–H and O–H groups in total. The first kappa shape index (κ1) is 21.5. The van der Waals surface area contributed by atoms with Gasteiger partial charge in [0, 0.05) is 49.0 Å². The number of anilines is 2. The van der Waals surface area contributed by atoms with E-state index in [0.717, 1.165) is 54.3 Å². The van der Waals surface area contributed by atoms with Crippen molar-refractivity contribution in [3.05, 3.63) is 60.0 Å². The molecule has 0 unspecified atom stereocenters. The van der Waals surface area contributed by atoms with Crippen LogP contribution in [0.5, 0.6) is 0 Å². The lowest BCUT2D eigenvalue weighted by molar-refractivity contribution is 0.208. The van der Waals surface area contributed by atoms with Crippen LogP contribution >= 0.6 is 0 Å². The maximum Gasteiger partial charge on any atom is 0.321 e. The fourth-order valence-corrected chi connectivity index (χ4v) is 4.76. The maximum absolute atomic E-state index is 12.7. The maximum atomic E-state index is 12.7. The van der Waals surface area contributed by atoms with Gasteiger partial charge in [0.25, 0.3) is 0 Å². The standard InChI is InChI=1S/C26H31N5O2/c1-19-7-5-6-10-23(19)27-26(32)31-17-15-30(16-18-31)22-13-11-20(12-14-22)24-28-25(33-29-24)21-8-3-2-4-9-21/h5-7,10-14,21H,2-4,8-9,15-18H2,1H3,(H,27,32). The van der Waals surface area contributed by atoms with Crippen LogP contribution in [0.3, 0.4) is 0 Å². The number of nitrogens with one attached hydrogen (secondary N) is 1. The SMILES string of the molecule is Cc1ccccc1NC(=O)N1CCN(c2ccc(-c3noc(C4CCCCC4)n3)cc2)CC1. The molecule has 1 saturated carbocycles. The summed E-state index contributed by atoms with van der Waals surface area (Å²) in [7, 11) is 0. The van der Waals surface area contributed by atoms with E-state index in [1.54, 1.807) is 0 Å². The van der Waals surface area contributed by atoms with Gasteiger partial charge in [0.15, 0.2) is 0 Å². The second kappa shape index (κ2) is 9.65. The van der Waals surface area contributed by atoms with Crippen LogP contribution in [0.15, 0.2) is 53.1 Å². The molecular formula is C26H31N5O2. The lowest BCUT2D eigenvalue weighted by atomic mass is 9.89. The number of urea groups is 1. The van der Waals surface area contributed by atoms with Crippen LogP contribution in [0.1, 0.15) is 49.5 Å². The van der Waals surface area contributed by atoms with Crippen molar-refractivity contribution in [3.8, 4) is 11.4 Å². The van der Waals surface area contributed by atoms with E-state index in [2.05, 4.69) is 44.6 Å². The molecule has 0 bridgehead atoms. The fraction of sp³-hybridized carbons (Fsp3) is 0.423. The minimum Gasteiger partial charge on any atom is -0.368 e. The summed E-state index contributed by atoms with van der Waals surface area (Å²) in [4.78, 5) is 21.5. The molecular weight excluding hydrogens is 414 g/mol. The van der Waals surface area contributed by atoms with Gasteiger partial charge in [-0.25, -0.2) is 4.79 Å². The second-order valence-corrected chi connectivity index (χ2v) is 9.06. The zero-order valence-electron chi connectivity index (χ0n) is 19.2. The Hall–Kier alpha value is -3.35. The highest BCUT2D eigenvalue weighted by Gasteiger charge is 2.23. The van der Waals surface area contributed by atoms with Gasteiger partial charge in [-0.15, -0.1) is 0 Å². The van der Waals surface area contributed by atoms with Crippen molar-refractivity contribution in [2.75, 3.05) is 36.4 Å². The molecule has 1 aromatic heterocycles. The Labute approximate surface area is 194 Å². The Morgan fingerprint density at radius 3 is 2.42 bits per heavy atom. The molecule has 172 valence electrons. The summed E-state index contributed by atoms with van der Waals surface area (Å²) in [5, 5.41) is 7.25. The normalized spacial score (nSPS) is 17.2. The molecule has 7 nitrogen and oxygen atoms in total. The predicted molar refractivity (Wildman–Crippen MR) is 130 cm³/mol. The van der Waals surface area contributed by atoms with Crippen molar-refractivity contribution in [3.63, 3.8) is 0 Å².